The molecule has 1 atom stereocenters. The van der Waals surface area contributed by atoms with Gasteiger partial charge in [-0.25, -0.2) is 0 Å². The molecule has 2 rings (SSSR count). The largest absolute Gasteiger partial charge is 0.339 e. The number of piperidine rings is 1. The second-order valence-corrected chi connectivity index (χ2v) is 6.09. The molecule has 5 nitrogen and oxygen atoms in total. The Morgan fingerprint density at radius 2 is 2.05 bits per heavy atom. The van der Waals surface area contributed by atoms with E-state index >= 15 is 0 Å². The minimum Gasteiger partial charge on any atom is -0.339 e. The molecule has 0 aromatic heterocycles. The summed E-state index contributed by atoms with van der Waals surface area (Å²) in [5.41, 5.74) is 0. The molecule has 0 bridgehead atoms. The number of nitrogens with zero attached hydrogens (tertiary/aromatic N) is 3. The van der Waals surface area contributed by atoms with Gasteiger partial charge in [0.1, 0.15) is 0 Å². The molecule has 0 aliphatic carbocycles. The predicted molar refractivity (Wildman–Crippen MR) is 77.2 cm³/mol. The molecule has 110 valence electrons. The average molecular weight is 268 g/mol. The smallest absolute Gasteiger partial charge is 0.236 e. The summed E-state index contributed by atoms with van der Waals surface area (Å²) in [4.78, 5) is 18.7. The van der Waals surface area contributed by atoms with E-state index in [2.05, 4.69) is 29.2 Å². The molecular weight excluding hydrogens is 240 g/mol. The van der Waals surface area contributed by atoms with Crippen LogP contribution in [0.2, 0.25) is 0 Å². The molecule has 2 aliphatic heterocycles. The Morgan fingerprint density at radius 3 is 2.68 bits per heavy atom. The molecule has 0 radical (unpaired) electrons. The Labute approximate surface area is 116 Å². The van der Waals surface area contributed by atoms with Gasteiger partial charge in [0.2, 0.25) is 5.91 Å². The second kappa shape index (κ2) is 7.22. The van der Waals surface area contributed by atoms with Gasteiger partial charge >= 0.3 is 0 Å². The maximum absolute atomic E-state index is 12.2. The lowest BCUT2D eigenvalue weighted by Gasteiger charge is -2.34. The zero-order valence-corrected chi connectivity index (χ0v) is 12.4. The molecule has 2 aliphatic rings. The third-order valence-corrected chi connectivity index (χ3v) is 4.23. The number of nitrogens with one attached hydrogen (secondary N) is 1. The summed E-state index contributed by atoms with van der Waals surface area (Å²) in [5, 5.41) is 3.43. The van der Waals surface area contributed by atoms with E-state index in [-0.39, 0.29) is 0 Å². The summed E-state index contributed by atoms with van der Waals surface area (Å²) in [6, 6.07) is 0. The van der Waals surface area contributed by atoms with Crippen LogP contribution in [0.1, 0.15) is 12.8 Å². The molecule has 0 spiro atoms. The lowest BCUT2D eigenvalue weighted by Crippen LogP contribution is -2.50. The zero-order valence-electron chi connectivity index (χ0n) is 12.4. The Morgan fingerprint density at radius 1 is 1.32 bits per heavy atom. The third-order valence-electron chi connectivity index (χ3n) is 4.23. The third kappa shape index (κ3) is 4.75. The van der Waals surface area contributed by atoms with Gasteiger partial charge in [-0.15, -0.1) is 0 Å². The maximum Gasteiger partial charge on any atom is 0.236 e. The van der Waals surface area contributed by atoms with E-state index in [1.807, 2.05) is 4.90 Å². The SMILES string of the molecule is CN1CCN(C(=O)CN(C)CC2CCCNC2)CC1. The molecule has 1 amide bonds. The molecule has 2 saturated heterocycles. The summed E-state index contributed by atoms with van der Waals surface area (Å²) in [6.07, 6.45) is 2.56. The second-order valence-electron chi connectivity index (χ2n) is 6.09. The Balaban J connectivity index is 1.69. The van der Waals surface area contributed by atoms with Crippen LogP contribution in [-0.4, -0.2) is 87.1 Å². The van der Waals surface area contributed by atoms with Crippen molar-refractivity contribution in [2.45, 2.75) is 12.8 Å². The topological polar surface area (TPSA) is 38.8 Å². The summed E-state index contributed by atoms with van der Waals surface area (Å²) >= 11 is 0. The van der Waals surface area contributed by atoms with Crippen molar-refractivity contribution in [2.75, 3.05) is 66.5 Å². The van der Waals surface area contributed by atoms with Crippen molar-refractivity contribution in [1.29, 1.82) is 0 Å². The van der Waals surface area contributed by atoms with Crippen LogP contribution in [0, 0.1) is 5.92 Å². The van der Waals surface area contributed by atoms with E-state index in [1.54, 1.807) is 0 Å². The van der Waals surface area contributed by atoms with E-state index in [4.69, 9.17) is 0 Å². The molecule has 2 heterocycles. The van der Waals surface area contributed by atoms with Gasteiger partial charge in [-0.05, 0) is 45.9 Å². The number of carbonyl (C=O) groups excluding carboxylic acids is 1. The summed E-state index contributed by atoms with van der Waals surface area (Å²) in [6.45, 7) is 7.63. The number of hydrogen-bond acceptors (Lipinski definition) is 4. The number of hydrogen-bond donors (Lipinski definition) is 1. The quantitative estimate of drug-likeness (QED) is 0.759. The Bertz CT molecular complexity index is 283. The van der Waals surface area contributed by atoms with E-state index in [9.17, 15) is 4.79 Å². The maximum atomic E-state index is 12.2. The van der Waals surface area contributed by atoms with Crippen LogP contribution in [0.25, 0.3) is 0 Å². The van der Waals surface area contributed by atoms with Crippen molar-refractivity contribution >= 4 is 5.91 Å². The molecule has 5 heteroatoms. The van der Waals surface area contributed by atoms with Crippen LogP contribution in [0.5, 0.6) is 0 Å². The number of amides is 1. The van der Waals surface area contributed by atoms with Crippen molar-refractivity contribution in [3.05, 3.63) is 0 Å². The van der Waals surface area contributed by atoms with Crippen molar-refractivity contribution in [1.82, 2.24) is 20.0 Å². The molecule has 1 N–H and O–H groups in total. The highest BCUT2D eigenvalue weighted by Crippen LogP contribution is 2.11. The highest BCUT2D eigenvalue weighted by Gasteiger charge is 2.21. The molecule has 0 saturated carbocycles. The summed E-state index contributed by atoms with van der Waals surface area (Å²) in [7, 11) is 4.19. The van der Waals surface area contributed by atoms with Crippen molar-refractivity contribution in [3.63, 3.8) is 0 Å². The summed E-state index contributed by atoms with van der Waals surface area (Å²) in [5.74, 6) is 0.999. The van der Waals surface area contributed by atoms with Crippen molar-refractivity contribution in [2.24, 2.45) is 5.92 Å². The van der Waals surface area contributed by atoms with Crippen LogP contribution in [0.15, 0.2) is 0 Å². The fraction of sp³-hybridized carbons (Fsp3) is 0.929. The predicted octanol–water partition coefficient (Wildman–Crippen LogP) is -0.308. The number of carbonyl (C=O) groups is 1. The molecular formula is C14H28N4O. The molecule has 0 aromatic rings. The monoisotopic (exact) mass is 268 g/mol. The van der Waals surface area contributed by atoms with Gasteiger partial charge in [0, 0.05) is 32.7 Å². The van der Waals surface area contributed by atoms with Gasteiger partial charge in [0.05, 0.1) is 6.54 Å². The van der Waals surface area contributed by atoms with Gasteiger partial charge in [0.15, 0.2) is 0 Å². The lowest BCUT2D eigenvalue weighted by molar-refractivity contribution is -0.133. The van der Waals surface area contributed by atoms with Crippen molar-refractivity contribution in [3.8, 4) is 0 Å². The van der Waals surface area contributed by atoms with E-state index in [0.717, 1.165) is 45.8 Å². The van der Waals surface area contributed by atoms with Gasteiger partial charge < -0.3 is 15.1 Å². The van der Waals surface area contributed by atoms with Crippen LogP contribution >= 0.6 is 0 Å². The average Bonchev–Trinajstić information content (AvgIpc) is 2.40. The van der Waals surface area contributed by atoms with E-state index < -0.39 is 0 Å². The Kier molecular flexibility index (Phi) is 5.60. The van der Waals surface area contributed by atoms with Crippen molar-refractivity contribution < 1.29 is 4.79 Å². The Hall–Kier alpha value is -0.650. The van der Waals surface area contributed by atoms with E-state index in [1.165, 1.54) is 12.8 Å². The standard InChI is InChI=1S/C14H28N4O/c1-16-6-8-18(9-7-16)14(19)12-17(2)11-13-4-3-5-15-10-13/h13,15H,3-12H2,1-2H3. The van der Waals surface area contributed by atoms with Gasteiger partial charge in [-0.1, -0.05) is 0 Å². The number of rotatable bonds is 4. The fourth-order valence-corrected chi connectivity index (χ4v) is 2.97. The minimum absolute atomic E-state index is 0.291. The first-order valence-electron chi connectivity index (χ1n) is 7.50. The normalized spacial score (nSPS) is 25.8. The number of likely N-dealkylation sites (N-methyl/N-ethyl adjacent to an activating group) is 2. The first-order valence-corrected chi connectivity index (χ1v) is 7.50. The zero-order chi connectivity index (χ0) is 13.7. The van der Waals surface area contributed by atoms with E-state index in [0.29, 0.717) is 18.4 Å². The van der Waals surface area contributed by atoms with Crippen LogP contribution in [-0.2, 0) is 4.79 Å². The number of piperazine rings is 1. The first-order chi connectivity index (χ1) is 9.15. The molecule has 0 aromatic carbocycles. The van der Waals surface area contributed by atoms with Crippen LogP contribution in [0.3, 0.4) is 0 Å². The summed E-state index contributed by atoms with van der Waals surface area (Å²) < 4.78 is 0. The highest BCUT2D eigenvalue weighted by atomic mass is 16.2. The lowest BCUT2D eigenvalue weighted by atomic mass is 9.99. The fourth-order valence-electron chi connectivity index (χ4n) is 2.97. The highest BCUT2D eigenvalue weighted by molar-refractivity contribution is 5.78. The van der Waals surface area contributed by atoms with Gasteiger partial charge in [-0.3, -0.25) is 9.69 Å². The molecule has 2 fully saturated rings. The molecule has 1 unspecified atom stereocenters. The van der Waals surface area contributed by atoms with Crippen LogP contribution in [0.4, 0.5) is 0 Å². The van der Waals surface area contributed by atoms with Gasteiger partial charge in [-0.2, -0.15) is 0 Å². The molecule has 19 heavy (non-hydrogen) atoms. The van der Waals surface area contributed by atoms with Crippen LogP contribution < -0.4 is 5.32 Å². The minimum atomic E-state index is 0.291. The first kappa shape index (κ1) is 14.8. The van der Waals surface area contributed by atoms with Gasteiger partial charge in [0.25, 0.3) is 0 Å².